The Balaban J connectivity index is 2.06. The fourth-order valence-corrected chi connectivity index (χ4v) is 2.32. The molecule has 0 amide bonds. The highest BCUT2D eigenvalue weighted by Gasteiger charge is 2.31. The lowest BCUT2D eigenvalue weighted by Crippen LogP contribution is -2.31. The van der Waals surface area contributed by atoms with Gasteiger partial charge in [0.1, 0.15) is 5.75 Å². The molecule has 112 valence electrons. The van der Waals surface area contributed by atoms with Gasteiger partial charge in [0.25, 0.3) is 0 Å². The Morgan fingerprint density at radius 2 is 2.25 bits per heavy atom. The van der Waals surface area contributed by atoms with Crippen LogP contribution in [-0.2, 0) is 4.74 Å². The van der Waals surface area contributed by atoms with E-state index in [0.29, 0.717) is 12.0 Å². The number of alkyl halides is 3. The molecule has 0 bridgehead atoms. The molecule has 0 radical (unpaired) electrons. The van der Waals surface area contributed by atoms with Crippen molar-refractivity contribution >= 4 is 0 Å². The van der Waals surface area contributed by atoms with Crippen molar-refractivity contribution in [2.75, 3.05) is 6.61 Å². The van der Waals surface area contributed by atoms with Crippen molar-refractivity contribution in [1.82, 2.24) is 5.43 Å². The molecule has 1 saturated heterocycles. The normalized spacial score (nSPS) is 20.9. The molecular weight excluding hydrogens is 273 g/mol. The van der Waals surface area contributed by atoms with E-state index in [0.717, 1.165) is 19.4 Å². The van der Waals surface area contributed by atoms with Crippen LogP contribution >= 0.6 is 0 Å². The number of halogens is 3. The predicted molar refractivity (Wildman–Crippen MR) is 66.8 cm³/mol. The van der Waals surface area contributed by atoms with Gasteiger partial charge in [0, 0.05) is 12.6 Å². The molecule has 20 heavy (non-hydrogen) atoms. The lowest BCUT2D eigenvalue weighted by molar-refractivity contribution is -0.274. The molecule has 4 nitrogen and oxygen atoms in total. The summed E-state index contributed by atoms with van der Waals surface area (Å²) in [6.07, 6.45) is -2.05. The highest BCUT2D eigenvalue weighted by molar-refractivity contribution is 5.30. The van der Waals surface area contributed by atoms with E-state index in [2.05, 4.69) is 10.2 Å². The molecule has 7 heteroatoms. The first kappa shape index (κ1) is 15.1. The highest BCUT2D eigenvalue weighted by atomic mass is 19.4. The van der Waals surface area contributed by atoms with Gasteiger partial charge >= 0.3 is 6.36 Å². The Morgan fingerprint density at radius 3 is 2.85 bits per heavy atom. The third kappa shape index (κ3) is 4.36. The molecule has 1 heterocycles. The SMILES string of the molecule is NNC(CC1CCCO1)c1cccc(OC(F)(F)F)c1. The van der Waals surface area contributed by atoms with Crippen molar-refractivity contribution in [1.29, 1.82) is 0 Å². The first-order valence-corrected chi connectivity index (χ1v) is 6.41. The van der Waals surface area contributed by atoms with E-state index in [1.807, 2.05) is 0 Å². The third-order valence-corrected chi connectivity index (χ3v) is 3.22. The number of nitrogens with two attached hydrogens (primary N) is 1. The molecule has 3 N–H and O–H groups in total. The number of rotatable bonds is 5. The fraction of sp³-hybridized carbons (Fsp3) is 0.538. The van der Waals surface area contributed by atoms with Gasteiger partial charge in [-0.3, -0.25) is 11.3 Å². The largest absolute Gasteiger partial charge is 0.573 e. The van der Waals surface area contributed by atoms with Crippen LogP contribution in [-0.4, -0.2) is 19.1 Å². The molecule has 1 aliphatic rings. The van der Waals surface area contributed by atoms with Gasteiger partial charge in [-0.2, -0.15) is 0 Å². The van der Waals surface area contributed by atoms with E-state index in [1.165, 1.54) is 18.2 Å². The van der Waals surface area contributed by atoms with E-state index < -0.39 is 6.36 Å². The summed E-state index contributed by atoms with van der Waals surface area (Å²) >= 11 is 0. The maximum absolute atomic E-state index is 12.2. The summed E-state index contributed by atoms with van der Waals surface area (Å²) < 4.78 is 46.0. The Hall–Kier alpha value is -1.31. The zero-order valence-corrected chi connectivity index (χ0v) is 10.8. The fourth-order valence-electron chi connectivity index (χ4n) is 2.32. The number of ether oxygens (including phenoxy) is 2. The summed E-state index contributed by atoms with van der Waals surface area (Å²) in [5.74, 6) is 5.24. The van der Waals surface area contributed by atoms with E-state index in [1.54, 1.807) is 6.07 Å². The predicted octanol–water partition coefficient (Wildman–Crippen LogP) is 2.66. The Morgan fingerprint density at radius 1 is 1.45 bits per heavy atom. The molecule has 0 spiro atoms. The standard InChI is InChI=1S/C13H17F3N2O2/c14-13(15,16)20-11-4-1-3-9(7-11)12(18-17)8-10-5-2-6-19-10/h1,3-4,7,10,12,18H,2,5-6,8,17H2. The van der Waals surface area contributed by atoms with Crippen LogP contribution in [0.25, 0.3) is 0 Å². The Labute approximate surface area is 115 Å². The summed E-state index contributed by atoms with van der Waals surface area (Å²) in [7, 11) is 0. The van der Waals surface area contributed by atoms with Crippen molar-refractivity contribution in [2.24, 2.45) is 5.84 Å². The first-order valence-electron chi connectivity index (χ1n) is 6.41. The minimum atomic E-state index is -4.70. The monoisotopic (exact) mass is 290 g/mol. The third-order valence-electron chi connectivity index (χ3n) is 3.22. The quantitative estimate of drug-likeness (QED) is 0.646. The van der Waals surface area contributed by atoms with E-state index in [4.69, 9.17) is 10.6 Å². The average molecular weight is 290 g/mol. The van der Waals surface area contributed by atoms with Crippen molar-refractivity contribution in [3.63, 3.8) is 0 Å². The van der Waals surface area contributed by atoms with Gasteiger partial charge in [0.2, 0.25) is 0 Å². The molecule has 0 saturated carbocycles. The first-order chi connectivity index (χ1) is 9.48. The molecule has 1 aromatic carbocycles. The summed E-state index contributed by atoms with van der Waals surface area (Å²) in [4.78, 5) is 0. The number of hydrogen-bond acceptors (Lipinski definition) is 4. The topological polar surface area (TPSA) is 56.5 Å². The maximum Gasteiger partial charge on any atom is 0.573 e. The summed E-state index contributed by atoms with van der Waals surface area (Å²) in [6, 6.07) is 5.55. The van der Waals surface area contributed by atoms with Crippen molar-refractivity contribution < 1.29 is 22.6 Å². The summed E-state index contributed by atoms with van der Waals surface area (Å²) in [5, 5.41) is 0. The lowest BCUT2D eigenvalue weighted by atomic mass is 10.00. The minimum Gasteiger partial charge on any atom is -0.406 e. The van der Waals surface area contributed by atoms with Crippen LogP contribution in [0.2, 0.25) is 0 Å². The Bertz CT molecular complexity index is 434. The molecule has 2 unspecified atom stereocenters. The van der Waals surface area contributed by atoms with Crippen LogP contribution in [0.3, 0.4) is 0 Å². The summed E-state index contributed by atoms with van der Waals surface area (Å²) in [5.41, 5.74) is 3.26. The molecule has 0 aliphatic carbocycles. The van der Waals surface area contributed by atoms with E-state index >= 15 is 0 Å². The number of hydrazine groups is 1. The van der Waals surface area contributed by atoms with Crippen LogP contribution in [0.15, 0.2) is 24.3 Å². The molecule has 2 rings (SSSR count). The van der Waals surface area contributed by atoms with Gasteiger partial charge in [0.15, 0.2) is 0 Å². The Kier molecular flexibility index (Phi) is 4.85. The second kappa shape index (κ2) is 6.43. The van der Waals surface area contributed by atoms with Crippen LogP contribution in [0, 0.1) is 0 Å². The van der Waals surface area contributed by atoms with Gasteiger partial charge in [-0.25, -0.2) is 0 Å². The van der Waals surface area contributed by atoms with Gasteiger partial charge in [-0.05, 0) is 37.0 Å². The molecule has 1 aromatic rings. The smallest absolute Gasteiger partial charge is 0.406 e. The van der Waals surface area contributed by atoms with Crippen LogP contribution in [0.4, 0.5) is 13.2 Å². The van der Waals surface area contributed by atoms with Gasteiger partial charge in [-0.1, -0.05) is 12.1 Å². The van der Waals surface area contributed by atoms with E-state index in [-0.39, 0.29) is 17.9 Å². The maximum atomic E-state index is 12.2. The zero-order chi connectivity index (χ0) is 14.6. The minimum absolute atomic E-state index is 0.0863. The highest BCUT2D eigenvalue weighted by Crippen LogP contribution is 2.29. The van der Waals surface area contributed by atoms with Gasteiger partial charge in [0.05, 0.1) is 6.10 Å². The van der Waals surface area contributed by atoms with Gasteiger partial charge in [-0.15, -0.1) is 13.2 Å². The second-order valence-electron chi connectivity index (χ2n) is 4.71. The number of hydrogen-bond donors (Lipinski definition) is 2. The lowest BCUT2D eigenvalue weighted by Gasteiger charge is -2.20. The number of benzene rings is 1. The van der Waals surface area contributed by atoms with Crippen LogP contribution in [0.1, 0.15) is 30.9 Å². The molecule has 0 aromatic heterocycles. The summed E-state index contributed by atoms with van der Waals surface area (Å²) in [6.45, 7) is 0.721. The van der Waals surface area contributed by atoms with Crippen molar-refractivity contribution in [2.45, 2.75) is 37.8 Å². The molecule has 1 aliphatic heterocycles. The van der Waals surface area contributed by atoms with Crippen molar-refractivity contribution in [3.05, 3.63) is 29.8 Å². The second-order valence-corrected chi connectivity index (χ2v) is 4.71. The zero-order valence-electron chi connectivity index (χ0n) is 10.8. The molecule has 2 atom stereocenters. The van der Waals surface area contributed by atoms with Gasteiger partial charge < -0.3 is 9.47 Å². The van der Waals surface area contributed by atoms with Crippen LogP contribution < -0.4 is 16.0 Å². The van der Waals surface area contributed by atoms with E-state index in [9.17, 15) is 13.2 Å². The molecular formula is C13H17F3N2O2. The molecule has 1 fully saturated rings. The van der Waals surface area contributed by atoms with Crippen molar-refractivity contribution in [3.8, 4) is 5.75 Å². The van der Waals surface area contributed by atoms with Crippen LogP contribution in [0.5, 0.6) is 5.75 Å². The average Bonchev–Trinajstić information content (AvgIpc) is 2.87. The number of nitrogens with one attached hydrogen (secondary N) is 1.